The molecule has 1 aromatic carbocycles. The Morgan fingerprint density at radius 2 is 1.63 bits per heavy atom. The Morgan fingerprint density at radius 1 is 1.00 bits per heavy atom. The van der Waals surface area contributed by atoms with Crippen molar-refractivity contribution in [3.8, 4) is 5.75 Å². The van der Waals surface area contributed by atoms with E-state index in [9.17, 15) is 34.5 Å². The zero-order valence-electron chi connectivity index (χ0n) is 19.3. The molecule has 0 fully saturated rings. The molecule has 35 heavy (non-hydrogen) atoms. The van der Waals surface area contributed by atoms with E-state index in [0.29, 0.717) is 12.0 Å². The van der Waals surface area contributed by atoms with Crippen molar-refractivity contribution in [1.29, 1.82) is 0 Å². The summed E-state index contributed by atoms with van der Waals surface area (Å²) in [7, 11) is 0. The standard InChI is InChI=1S/C21H33N7O7/c1-11(29)17(19(33)27-15(20(34)35)9-12-4-6-13(30)7-5-12)28-18(32)14(26-16(31)10-22)3-2-8-25-21(23)24/h4-7,11,14-15,17,29-30H,2-3,8-10,22H2,1H3,(H,26,31)(H,27,33)(H,28,32)(H,34,35)(H4,23,24,25). The molecular weight excluding hydrogens is 462 g/mol. The zero-order chi connectivity index (χ0) is 26.5. The molecule has 0 saturated heterocycles. The SMILES string of the molecule is CC(O)C(NC(=O)C(CCCN=C(N)N)NC(=O)CN)C(=O)NC(Cc1ccc(O)cc1)C(=O)O. The summed E-state index contributed by atoms with van der Waals surface area (Å²) in [5.41, 5.74) is 16.3. The Bertz CT molecular complexity index is 902. The lowest BCUT2D eigenvalue weighted by Gasteiger charge is -2.26. The fourth-order valence-electron chi connectivity index (χ4n) is 3.01. The number of aliphatic hydroxyl groups is 1. The van der Waals surface area contributed by atoms with Crippen molar-refractivity contribution in [1.82, 2.24) is 16.0 Å². The molecular formula is C21H33N7O7. The predicted octanol–water partition coefficient (Wildman–Crippen LogP) is -3.13. The van der Waals surface area contributed by atoms with Crippen molar-refractivity contribution in [2.45, 2.75) is 50.4 Å². The number of aliphatic carboxylic acids is 1. The van der Waals surface area contributed by atoms with E-state index >= 15 is 0 Å². The maximum atomic E-state index is 12.8. The van der Waals surface area contributed by atoms with Crippen molar-refractivity contribution in [3.05, 3.63) is 29.8 Å². The van der Waals surface area contributed by atoms with Crippen LogP contribution >= 0.6 is 0 Å². The number of hydrogen-bond donors (Lipinski definition) is 9. The number of carboxylic acids is 1. The third kappa shape index (κ3) is 10.7. The number of rotatable bonds is 14. The average molecular weight is 496 g/mol. The third-order valence-electron chi connectivity index (χ3n) is 4.84. The van der Waals surface area contributed by atoms with Crippen LogP contribution in [0.4, 0.5) is 0 Å². The van der Waals surface area contributed by atoms with Gasteiger partial charge in [-0.1, -0.05) is 12.1 Å². The molecule has 4 atom stereocenters. The fourth-order valence-corrected chi connectivity index (χ4v) is 3.01. The Morgan fingerprint density at radius 3 is 2.14 bits per heavy atom. The van der Waals surface area contributed by atoms with Crippen molar-refractivity contribution in [2.24, 2.45) is 22.2 Å². The van der Waals surface area contributed by atoms with Crippen LogP contribution in [0.1, 0.15) is 25.3 Å². The number of aromatic hydroxyl groups is 1. The summed E-state index contributed by atoms with van der Waals surface area (Å²) in [4.78, 5) is 52.8. The van der Waals surface area contributed by atoms with Crippen molar-refractivity contribution >= 4 is 29.7 Å². The van der Waals surface area contributed by atoms with Gasteiger partial charge < -0.3 is 48.5 Å². The van der Waals surface area contributed by atoms with Gasteiger partial charge in [0, 0.05) is 13.0 Å². The first kappa shape index (κ1) is 29.1. The second-order valence-corrected chi connectivity index (χ2v) is 7.77. The summed E-state index contributed by atoms with van der Waals surface area (Å²) < 4.78 is 0. The van der Waals surface area contributed by atoms with Gasteiger partial charge in [-0.15, -0.1) is 0 Å². The van der Waals surface area contributed by atoms with E-state index in [2.05, 4.69) is 20.9 Å². The molecule has 0 aliphatic heterocycles. The molecule has 0 aromatic heterocycles. The van der Waals surface area contributed by atoms with Gasteiger partial charge in [0.15, 0.2) is 5.96 Å². The summed E-state index contributed by atoms with van der Waals surface area (Å²) in [6.07, 6.45) is -1.10. The molecule has 1 aromatic rings. The monoisotopic (exact) mass is 495 g/mol. The summed E-state index contributed by atoms with van der Waals surface area (Å²) in [6.45, 7) is 1.05. The maximum absolute atomic E-state index is 12.8. The van der Waals surface area contributed by atoms with Gasteiger partial charge in [-0.05, 0) is 37.5 Å². The van der Waals surface area contributed by atoms with Crippen LogP contribution in [-0.4, -0.2) is 82.3 Å². The molecule has 194 valence electrons. The lowest BCUT2D eigenvalue weighted by molar-refractivity contribution is -0.143. The van der Waals surface area contributed by atoms with Crippen molar-refractivity contribution < 1.29 is 34.5 Å². The molecule has 0 saturated carbocycles. The van der Waals surface area contributed by atoms with Crippen LogP contribution in [0.2, 0.25) is 0 Å². The molecule has 0 aliphatic rings. The number of phenolic OH excluding ortho intramolecular Hbond substituents is 1. The van der Waals surface area contributed by atoms with Gasteiger partial charge in [-0.25, -0.2) is 4.79 Å². The first-order chi connectivity index (χ1) is 16.4. The minimum Gasteiger partial charge on any atom is -0.508 e. The minimum absolute atomic E-state index is 0.00359. The van der Waals surface area contributed by atoms with Crippen LogP contribution in [0.25, 0.3) is 0 Å². The van der Waals surface area contributed by atoms with Crippen LogP contribution in [0.5, 0.6) is 5.75 Å². The molecule has 0 spiro atoms. The number of carboxylic acid groups (broad SMARTS) is 1. The van der Waals surface area contributed by atoms with Crippen LogP contribution in [0, 0.1) is 0 Å². The van der Waals surface area contributed by atoms with Gasteiger partial charge in [-0.3, -0.25) is 19.4 Å². The number of nitrogens with zero attached hydrogens (tertiary/aromatic N) is 1. The fraction of sp³-hybridized carbons (Fsp3) is 0.476. The number of nitrogens with two attached hydrogens (primary N) is 3. The number of phenols is 1. The predicted molar refractivity (Wildman–Crippen MR) is 126 cm³/mol. The molecule has 12 N–H and O–H groups in total. The molecule has 14 heteroatoms. The number of guanidine groups is 1. The van der Waals surface area contributed by atoms with Gasteiger partial charge in [0.25, 0.3) is 0 Å². The largest absolute Gasteiger partial charge is 0.508 e. The average Bonchev–Trinajstić information content (AvgIpc) is 2.79. The van der Waals surface area contributed by atoms with E-state index in [1.54, 1.807) is 0 Å². The Kier molecular flexibility index (Phi) is 12.0. The van der Waals surface area contributed by atoms with Gasteiger partial charge in [0.1, 0.15) is 23.9 Å². The van der Waals surface area contributed by atoms with Crippen molar-refractivity contribution in [3.63, 3.8) is 0 Å². The van der Waals surface area contributed by atoms with Crippen LogP contribution < -0.4 is 33.2 Å². The van der Waals surface area contributed by atoms with E-state index in [0.717, 1.165) is 0 Å². The lowest BCUT2D eigenvalue weighted by atomic mass is 10.0. The Hall–Kier alpha value is -3.91. The highest BCUT2D eigenvalue weighted by Crippen LogP contribution is 2.12. The minimum atomic E-state index is -1.51. The third-order valence-corrected chi connectivity index (χ3v) is 4.84. The van der Waals surface area contributed by atoms with Gasteiger partial charge >= 0.3 is 5.97 Å². The Balaban J connectivity index is 2.92. The van der Waals surface area contributed by atoms with E-state index in [1.165, 1.54) is 31.2 Å². The highest BCUT2D eigenvalue weighted by molar-refractivity contribution is 5.94. The zero-order valence-corrected chi connectivity index (χ0v) is 19.3. The molecule has 14 nitrogen and oxygen atoms in total. The molecule has 0 bridgehead atoms. The number of nitrogens with one attached hydrogen (secondary N) is 3. The van der Waals surface area contributed by atoms with E-state index < -0.39 is 47.9 Å². The number of aliphatic imine (C=N–C) groups is 1. The summed E-state index contributed by atoms with van der Waals surface area (Å²) in [5, 5.41) is 36.0. The second kappa shape index (κ2) is 14.4. The summed E-state index contributed by atoms with van der Waals surface area (Å²) in [6, 6.07) is 1.74. The van der Waals surface area contributed by atoms with E-state index in [1.807, 2.05) is 0 Å². The normalized spacial score (nSPS) is 14.0. The Labute approximate surface area is 201 Å². The van der Waals surface area contributed by atoms with E-state index in [4.69, 9.17) is 17.2 Å². The molecule has 1 rings (SSSR count). The first-order valence-corrected chi connectivity index (χ1v) is 10.8. The molecule has 0 radical (unpaired) electrons. The topological polar surface area (TPSA) is 255 Å². The number of carbonyl (C=O) groups is 4. The van der Waals surface area contributed by atoms with Crippen LogP contribution in [0.15, 0.2) is 29.3 Å². The molecule has 0 aliphatic carbocycles. The summed E-state index contributed by atoms with van der Waals surface area (Å²) in [5.74, 6) is -3.83. The van der Waals surface area contributed by atoms with Gasteiger partial charge in [-0.2, -0.15) is 0 Å². The highest BCUT2D eigenvalue weighted by atomic mass is 16.4. The van der Waals surface area contributed by atoms with Gasteiger partial charge in [0.2, 0.25) is 17.7 Å². The smallest absolute Gasteiger partial charge is 0.326 e. The second-order valence-electron chi connectivity index (χ2n) is 7.77. The quantitative estimate of drug-likeness (QED) is 0.0712. The number of aliphatic hydroxyl groups excluding tert-OH is 1. The van der Waals surface area contributed by atoms with Crippen LogP contribution in [0.3, 0.4) is 0 Å². The molecule has 3 amide bonds. The maximum Gasteiger partial charge on any atom is 0.326 e. The number of amides is 3. The highest BCUT2D eigenvalue weighted by Gasteiger charge is 2.32. The number of carbonyl (C=O) groups excluding carboxylic acids is 3. The molecule has 0 heterocycles. The first-order valence-electron chi connectivity index (χ1n) is 10.8. The van der Waals surface area contributed by atoms with E-state index in [-0.39, 0.29) is 37.6 Å². The molecule has 4 unspecified atom stereocenters. The van der Waals surface area contributed by atoms with Crippen LogP contribution in [-0.2, 0) is 25.6 Å². The number of benzene rings is 1. The lowest BCUT2D eigenvalue weighted by Crippen LogP contribution is -2.59. The number of hydrogen-bond acceptors (Lipinski definition) is 8. The summed E-state index contributed by atoms with van der Waals surface area (Å²) >= 11 is 0. The van der Waals surface area contributed by atoms with Crippen molar-refractivity contribution in [2.75, 3.05) is 13.1 Å². The van der Waals surface area contributed by atoms with Gasteiger partial charge in [0.05, 0.1) is 12.6 Å².